The second-order valence-corrected chi connectivity index (χ2v) is 6.19. The molecule has 1 atom stereocenters. The molecule has 2 aromatic heterocycles. The zero-order chi connectivity index (χ0) is 17.9. The Hall–Kier alpha value is -3.22. The predicted octanol–water partition coefficient (Wildman–Crippen LogP) is 2.98. The summed E-state index contributed by atoms with van der Waals surface area (Å²) in [7, 11) is 1.77. The van der Waals surface area contributed by atoms with E-state index in [4.69, 9.17) is 4.74 Å². The predicted molar refractivity (Wildman–Crippen MR) is 94.8 cm³/mol. The molecule has 1 amide bonds. The Balaban J connectivity index is 1.57. The number of aromatic nitrogens is 4. The van der Waals surface area contributed by atoms with E-state index in [-0.39, 0.29) is 11.9 Å². The number of carbonyl (C=O) groups excluding carboxylic acids is 1. The van der Waals surface area contributed by atoms with Crippen molar-refractivity contribution in [2.45, 2.75) is 18.9 Å². The van der Waals surface area contributed by atoms with Crippen LogP contribution in [0.3, 0.4) is 0 Å². The van der Waals surface area contributed by atoms with E-state index in [1.807, 2.05) is 35.2 Å². The van der Waals surface area contributed by atoms with E-state index in [1.165, 1.54) is 0 Å². The summed E-state index contributed by atoms with van der Waals surface area (Å²) in [4.78, 5) is 23.6. The lowest BCUT2D eigenvalue weighted by Gasteiger charge is -2.24. The van der Waals surface area contributed by atoms with Crippen molar-refractivity contribution in [2.24, 2.45) is 7.05 Å². The highest BCUT2D eigenvalue weighted by molar-refractivity contribution is 5.93. The van der Waals surface area contributed by atoms with Gasteiger partial charge in [-0.2, -0.15) is 5.10 Å². The Morgan fingerprint density at radius 3 is 2.81 bits per heavy atom. The number of hydrogen-bond acceptors (Lipinski definition) is 5. The molecule has 0 aliphatic carbocycles. The van der Waals surface area contributed by atoms with Crippen LogP contribution in [0.2, 0.25) is 0 Å². The molecule has 3 heterocycles. The van der Waals surface area contributed by atoms with Crippen LogP contribution in [0.4, 0.5) is 0 Å². The lowest BCUT2D eigenvalue weighted by Crippen LogP contribution is -2.32. The summed E-state index contributed by atoms with van der Waals surface area (Å²) < 4.78 is 7.37. The maximum absolute atomic E-state index is 12.9. The zero-order valence-corrected chi connectivity index (χ0v) is 14.4. The number of likely N-dealkylation sites (tertiary alicyclic amines) is 1. The van der Waals surface area contributed by atoms with Crippen molar-refractivity contribution in [1.82, 2.24) is 24.6 Å². The fraction of sp³-hybridized carbons (Fsp3) is 0.263. The van der Waals surface area contributed by atoms with Crippen LogP contribution < -0.4 is 4.74 Å². The first-order chi connectivity index (χ1) is 12.7. The summed E-state index contributed by atoms with van der Waals surface area (Å²) in [6.07, 6.45) is 6.70. The minimum atomic E-state index is -0.107. The Morgan fingerprint density at radius 2 is 2.04 bits per heavy atom. The summed E-state index contributed by atoms with van der Waals surface area (Å²) in [6.45, 7) is 0.695. The second kappa shape index (κ2) is 6.95. The number of carbonyl (C=O) groups is 1. The van der Waals surface area contributed by atoms with E-state index in [1.54, 1.807) is 36.4 Å². The largest absolute Gasteiger partial charge is 0.437 e. The van der Waals surface area contributed by atoms with Crippen LogP contribution in [0, 0.1) is 0 Å². The third-order valence-corrected chi connectivity index (χ3v) is 4.49. The van der Waals surface area contributed by atoms with Crippen molar-refractivity contribution < 1.29 is 9.53 Å². The van der Waals surface area contributed by atoms with Gasteiger partial charge in [0.15, 0.2) is 0 Å². The van der Waals surface area contributed by atoms with Crippen molar-refractivity contribution in [3.63, 3.8) is 0 Å². The van der Waals surface area contributed by atoms with Crippen LogP contribution in [0.5, 0.6) is 11.6 Å². The average Bonchev–Trinajstić information content (AvgIpc) is 3.31. The van der Waals surface area contributed by atoms with Crippen molar-refractivity contribution >= 4 is 5.91 Å². The highest BCUT2D eigenvalue weighted by Crippen LogP contribution is 2.32. The molecule has 0 spiro atoms. The number of aryl methyl sites for hydroxylation is 1. The molecule has 0 bridgehead atoms. The van der Waals surface area contributed by atoms with E-state index < -0.39 is 0 Å². The third kappa shape index (κ3) is 3.15. The van der Waals surface area contributed by atoms with Gasteiger partial charge in [-0.1, -0.05) is 18.2 Å². The fourth-order valence-electron chi connectivity index (χ4n) is 3.23. The highest BCUT2D eigenvalue weighted by Gasteiger charge is 2.33. The molecule has 0 unspecified atom stereocenters. The smallest absolute Gasteiger partial charge is 0.272 e. The summed E-state index contributed by atoms with van der Waals surface area (Å²) in [6, 6.07) is 11.1. The van der Waals surface area contributed by atoms with Crippen LogP contribution in [-0.2, 0) is 7.05 Å². The topological polar surface area (TPSA) is 73.1 Å². The Labute approximate surface area is 151 Å². The normalized spacial score (nSPS) is 16.7. The molecule has 26 heavy (non-hydrogen) atoms. The number of nitrogens with zero attached hydrogens (tertiary/aromatic N) is 5. The molecule has 1 aromatic carbocycles. The van der Waals surface area contributed by atoms with Crippen molar-refractivity contribution in [3.8, 4) is 11.6 Å². The number of rotatable bonds is 4. The number of amides is 1. The number of hydrogen-bond donors (Lipinski definition) is 0. The van der Waals surface area contributed by atoms with Crippen LogP contribution in [0.25, 0.3) is 0 Å². The summed E-state index contributed by atoms with van der Waals surface area (Å²) >= 11 is 0. The van der Waals surface area contributed by atoms with E-state index in [9.17, 15) is 4.79 Å². The van der Waals surface area contributed by atoms with Crippen LogP contribution in [0.1, 0.15) is 35.1 Å². The first kappa shape index (κ1) is 16.3. The van der Waals surface area contributed by atoms with Crippen molar-refractivity contribution in [1.29, 1.82) is 0 Å². The molecule has 132 valence electrons. The Bertz CT molecular complexity index is 909. The number of para-hydroxylation sites is 1. The van der Waals surface area contributed by atoms with E-state index in [2.05, 4.69) is 15.1 Å². The zero-order valence-electron chi connectivity index (χ0n) is 14.4. The standard InChI is InChI=1S/C19H19N5O2/c1-23-17(9-10-21-23)19(25)24-11-5-8-16(24)15-12-20-13-18(22-15)26-14-6-3-2-4-7-14/h2-4,6-7,9-10,12-13,16H,5,8,11H2,1H3/t16-/m0/s1. The minimum Gasteiger partial charge on any atom is -0.437 e. The first-order valence-corrected chi connectivity index (χ1v) is 8.56. The molecule has 7 heteroatoms. The molecule has 1 aliphatic heterocycles. The quantitative estimate of drug-likeness (QED) is 0.724. The van der Waals surface area contributed by atoms with Crippen LogP contribution in [0.15, 0.2) is 55.0 Å². The molecule has 0 radical (unpaired) electrons. The lowest BCUT2D eigenvalue weighted by molar-refractivity contribution is 0.0721. The van der Waals surface area contributed by atoms with Gasteiger partial charge in [-0.15, -0.1) is 0 Å². The molecule has 3 aromatic rings. The number of benzene rings is 1. The molecular weight excluding hydrogens is 330 g/mol. The summed E-state index contributed by atoms with van der Waals surface area (Å²) in [5, 5.41) is 4.09. The maximum Gasteiger partial charge on any atom is 0.272 e. The van der Waals surface area contributed by atoms with Gasteiger partial charge in [-0.05, 0) is 31.0 Å². The molecule has 1 aliphatic rings. The van der Waals surface area contributed by atoms with Gasteiger partial charge in [0, 0.05) is 19.8 Å². The SMILES string of the molecule is Cn1nccc1C(=O)N1CCC[C@H]1c1cncc(Oc2ccccc2)n1. The van der Waals surface area contributed by atoms with Gasteiger partial charge >= 0.3 is 0 Å². The fourth-order valence-corrected chi connectivity index (χ4v) is 3.23. The van der Waals surface area contributed by atoms with Crippen molar-refractivity contribution in [3.05, 3.63) is 66.4 Å². The van der Waals surface area contributed by atoms with Gasteiger partial charge in [-0.3, -0.25) is 14.5 Å². The maximum atomic E-state index is 12.9. The summed E-state index contributed by atoms with van der Waals surface area (Å²) in [5.41, 5.74) is 1.31. The van der Waals surface area contributed by atoms with Gasteiger partial charge in [0.1, 0.15) is 11.4 Å². The highest BCUT2D eigenvalue weighted by atomic mass is 16.5. The molecule has 0 saturated carbocycles. The summed E-state index contributed by atoms with van der Waals surface area (Å²) in [5.74, 6) is 1.09. The van der Waals surface area contributed by atoms with Crippen LogP contribution in [-0.4, -0.2) is 37.1 Å². The van der Waals surface area contributed by atoms with E-state index in [0.717, 1.165) is 18.5 Å². The molecule has 1 saturated heterocycles. The molecular formula is C19H19N5O2. The average molecular weight is 349 g/mol. The molecule has 7 nitrogen and oxygen atoms in total. The van der Waals surface area contributed by atoms with E-state index in [0.29, 0.717) is 23.9 Å². The first-order valence-electron chi connectivity index (χ1n) is 8.56. The van der Waals surface area contributed by atoms with E-state index >= 15 is 0 Å². The van der Waals surface area contributed by atoms with Gasteiger partial charge in [0.05, 0.1) is 24.1 Å². The van der Waals surface area contributed by atoms with Crippen molar-refractivity contribution in [2.75, 3.05) is 6.54 Å². The van der Waals surface area contributed by atoms with Gasteiger partial charge < -0.3 is 9.64 Å². The second-order valence-electron chi connectivity index (χ2n) is 6.19. The number of ether oxygens (including phenoxy) is 1. The monoisotopic (exact) mass is 349 g/mol. The molecule has 4 rings (SSSR count). The Morgan fingerprint density at radius 1 is 1.19 bits per heavy atom. The minimum absolute atomic E-state index is 0.0383. The lowest BCUT2D eigenvalue weighted by atomic mass is 10.1. The molecule has 1 fully saturated rings. The van der Waals surface area contributed by atoms with Gasteiger partial charge in [-0.25, -0.2) is 4.98 Å². The molecule has 0 N–H and O–H groups in total. The third-order valence-electron chi connectivity index (χ3n) is 4.49. The van der Waals surface area contributed by atoms with Crippen LogP contribution >= 0.6 is 0 Å². The van der Waals surface area contributed by atoms with Gasteiger partial charge in [0.2, 0.25) is 5.88 Å². The Kier molecular flexibility index (Phi) is 4.35. The van der Waals surface area contributed by atoms with Gasteiger partial charge in [0.25, 0.3) is 5.91 Å².